The molecule has 0 unspecified atom stereocenters. The van der Waals surface area contributed by atoms with Gasteiger partial charge in [0.05, 0.1) is 24.6 Å². The van der Waals surface area contributed by atoms with E-state index in [1.54, 1.807) is 20.2 Å². The molecule has 1 aromatic carbocycles. The number of benzene rings is 1. The van der Waals surface area contributed by atoms with E-state index < -0.39 is 0 Å². The fraction of sp³-hybridized carbons (Fsp3) is 0.286. The molecule has 1 aromatic heterocycles. The highest BCUT2D eigenvalue weighted by Crippen LogP contribution is 2.26. The van der Waals surface area contributed by atoms with E-state index in [0.29, 0.717) is 5.56 Å². The van der Waals surface area contributed by atoms with Crippen molar-refractivity contribution in [1.29, 1.82) is 0 Å². The Labute approximate surface area is 106 Å². The number of hydrogen-bond donors (Lipinski definition) is 0. The summed E-state index contributed by atoms with van der Waals surface area (Å²) in [5.74, 6) is 0.825. The van der Waals surface area contributed by atoms with Crippen LogP contribution in [0.3, 0.4) is 0 Å². The molecule has 4 nitrogen and oxygen atoms in total. The quantitative estimate of drug-likeness (QED) is 0.777. The minimum absolute atomic E-state index is 0.0283. The average molecular weight is 244 g/mol. The molecule has 0 fully saturated rings. The van der Waals surface area contributed by atoms with E-state index in [0.717, 1.165) is 23.6 Å². The van der Waals surface area contributed by atoms with Crippen LogP contribution in [0.2, 0.25) is 0 Å². The molecule has 0 N–H and O–H groups in total. The Bertz CT molecular complexity index is 556. The summed E-state index contributed by atoms with van der Waals surface area (Å²) < 4.78 is 6.96. The monoisotopic (exact) mass is 244 g/mol. The number of Topliss-reactive ketones (excluding diaryl/α,β-unsaturated/α-hetero) is 1. The maximum Gasteiger partial charge on any atom is 0.163 e. The molecular formula is C14H16N2O2. The fourth-order valence-electron chi connectivity index (χ4n) is 1.94. The first kappa shape index (κ1) is 12.4. The van der Waals surface area contributed by atoms with Gasteiger partial charge in [-0.15, -0.1) is 0 Å². The van der Waals surface area contributed by atoms with E-state index in [2.05, 4.69) is 5.10 Å². The minimum atomic E-state index is 0.0283. The summed E-state index contributed by atoms with van der Waals surface area (Å²) in [6.07, 6.45) is 1.63. The number of aromatic nitrogens is 2. The Balaban J connectivity index is 2.53. The van der Waals surface area contributed by atoms with Crippen LogP contribution in [0.25, 0.3) is 11.3 Å². The highest BCUT2D eigenvalue weighted by Gasteiger charge is 2.15. The standard InChI is InChI=1S/C14H16N2O2/c1-4-16-14(13(9-15-16)10(2)17)11-5-7-12(18-3)8-6-11/h5-9H,4H2,1-3H3. The Kier molecular flexibility index (Phi) is 3.46. The lowest BCUT2D eigenvalue weighted by Crippen LogP contribution is -2.01. The molecule has 0 bridgehead atoms. The second kappa shape index (κ2) is 5.04. The van der Waals surface area contributed by atoms with Crippen LogP contribution >= 0.6 is 0 Å². The van der Waals surface area contributed by atoms with E-state index in [4.69, 9.17) is 4.74 Å². The van der Waals surface area contributed by atoms with Gasteiger partial charge in [0.2, 0.25) is 0 Å². The first-order valence-electron chi connectivity index (χ1n) is 5.88. The summed E-state index contributed by atoms with van der Waals surface area (Å²) >= 11 is 0. The van der Waals surface area contributed by atoms with E-state index in [1.165, 1.54) is 0 Å². The van der Waals surface area contributed by atoms with E-state index in [9.17, 15) is 4.79 Å². The first-order valence-corrected chi connectivity index (χ1v) is 5.88. The molecule has 18 heavy (non-hydrogen) atoms. The lowest BCUT2D eigenvalue weighted by molar-refractivity contribution is 0.101. The van der Waals surface area contributed by atoms with Crippen molar-refractivity contribution in [3.05, 3.63) is 36.0 Å². The zero-order valence-corrected chi connectivity index (χ0v) is 10.8. The van der Waals surface area contributed by atoms with Crippen LogP contribution < -0.4 is 4.74 Å². The van der Waals surface area contributed by atoms with Gasteiger partial charge in [0, 0.05) is 12.1 Å². The molecule has 0 spiro atoms. The number of aryl methyl sites for hydroxylation is 1. The van der Waals surface area contributed by atoms with Crippen LogP contribution in [0.15, 0.2) is 30.5 Å². The number of carbonyl (C=O) groups excluding carboxylic acids is 1. The molecule has 0 aliphatic carbocycles. The van der Waals surface area contributed by atoms with Crippen LogP contribution in [0.5, 0.6) is 5.75 Å². The first-order chi connectivity index (χ1) is 8.67. The van der Waals surface area contributed by atoms with E-state index >= 15 is 0 Å². The number of carbonyl (C=O) groups is 1. The third-order valence-electron chi connectivity index (χ3n) is 2.88. The van der Waals surface area contributed by atoms with Gasteiger partial charge in [-0.05, 0) is 38.1 Å². The van der Waals surface area contributed by atoms with Gasteiger partial charge in [0.1, 0.15) is 5.75 Å². The van der Waals surface area contributed by atoms with Crippen LogP contribution in [-0.2, 0) is 6.54 Å². The summed E-state index contributed by atoms with van der Waals surface area (Å²) in [4.78, 5) is 11.6. The molecule has 0 aliphatic heterocycles. The van der Waals surface area contributed by atoms with Crippen molar-refractivity contribution < 1.29 is 9.53 Å². The normalized spacial score (nSPS) is 10.4. The van der Waals surface area contributed by atoms with Gasteiger partial charge >= 0.3 is 0 Å². The van der Waals surface area contributed by atoms with Crippen LogP contribution in [0, 0.1) is 0 Å². The number of ketones is 1. The zero-order valence-electron chi connectivity index (χ0n) is 10.8. The van der Waals surface area contributed by atoms with Crippen molar-refractivity contribution in [2.45, 2.75) is 20.4 Å². The summed E-state index contributed by atoms with van der Waals surface area (Å²) in [6, 6.07) is 7.64. The van der Waals surface area contributed by atoms with Crippen LogP contribution in [0.4, 0.5) is 0 Å². The second-order valence-corrected chi connectivity index (χ2v) is 4.01. The van der Waals surface area contributed by atoms with E-state index in [1.807, 2.05) is 35.9 Å². The molecule has 0 radical (unpaired) electrons. The molecule has 2 rings (SSSR count). The van der Waals surface area contributed by atoms with Crippen molar-refractivity contribution in [1.82, 2.24) is 9.78 Å². The second-order valence-electron chi connectivity index (χ2n) is 4.01. The molecule has 0 aliphatic rings. The summed E-state index contributed by atoms with van der Waals surface area (Å²) in [6.45, 7) is 4.29. The van der Waals surface area contributed by atoms with Gasteiger partial charge in [0.25, 0.3) is 0 Å². The van der Waals surface area contributed by atoms with Gasteiger partial charge in [-0.25, -0.2) is 0 Å². The maximum atomic E-state index is 11.6. The molecule has 0 atom stereocenters. The highest BCUT2D eigenvalue weighted by atomic mass is 16.5. The molecule has 0 saturated heterocycles. The number of methoxy groups -OCH3 is 1. The molecule has 4 heteroatoms. The highest BCUT2D eigenvalue weighted by molar-refractivity contribution is 5.99. The Morgan fingerprint density at radius 2 is 2.00 bits per heavy atom. The smallest absolute Gasteiger partial charge is 0.163 e. The van der Waals surface area contributed by atoms with Gasteiger partial charge in [-0.3, -0.25) is 9.48 Å². The number of hydrogen-bond acceptors (Lipinski definition) is 3. The van der Waals surface area contributed by atoms with Gasteiger partial charge < -0.3 is 4.74 Å². The Morgan fingerprint density at radius 1 is 1.33 bits per heavy atom. The third-order valence-corrected chi connectivity index (χ3v) is 2.88. The minimum Gasteiger partial charge on any atom is -0.497 e. The largest absolute Gasteiger partial charge is 0.497 e. The Hall–Kier alpha value is -2.10. The lowest BCUT2D eigenvalue weighted by atomic mass is 10.1. The van der Waals surface area contributed by atoms with Gasteiger partial charge in [-0.2, -0.15) is 5.10 Å². The molecule has 0 saturated carbocycles. The number of nitrogens with zero attached hydrogens (tertiary/aromatic N) is 2. The fourth-order valence-corrected chi connectivity index (χ4v) is 1.94. The van der Waals surface area contributed by atoms with Crippen molar-refractivity contribution in [3.8, 4) is 17.0 Å². The zero-order chi connectivity index (χ0) is 13.1. The molecule has 1 heterocycles. The number of ether oxygens (including phenoxy) is 1. The predicted molar refractivity (Wildman–Crippen MR) is 69.9 cm³/mol. The van der Waals surface area contributed by atoms with Gasteiger partial charge in [0.15, 0.2) is 5.78 Å². The van der Waals surface area contributed by atoms with Crippen LogP contribution in [-0.4, -0.2) is 22.7 Å². The van der Waals surface area contributed by atoms with Crippen molar-refractivity contribution >= 4 is 5.78 Å². The molecule has 2 aromatic rings. The molecular weight excluding hydrogens is 228 g/mol. The molecule has 94 valence electrons. The summed E-state index contributed by atoms with van der Waals surface area (Å²) in [5.41, 5.74) is 2.50. The van der Waals surface area contributed by atoms with Crippen molar-refractivity contribution in [2.75, 3.05) is 7.11 Å². The lowest BCUT2D eigenvalue weighted by Gasteiger charge is -2.08. The summed E-state index contributed by atoms with van der Waals surface area (Å²) in [5, 5.41) is 4.24. The van der Waals surface area contributed by atoms with E-state index in [-0.39, 0.29) is 5.78 Å². The average Bonchev–Trinajstić information content (AvgIpc) is 2.82. The molecule has 0 amide bonds. The summed E-state index contributed by atoms with van der Waals surface area (Å²) in [7, 11) is 1.63. The van der Waals surface area contributed by atoms with Crippen molar-refractivity contribution in [3.63, 3.8) is 0 Å². The van der Waals surface area contributed by atoms with Crippen molar-refractivity contribution in [2.24, 2.45) is 0 Å². The van der Waals surface area contributed by atoms with Crippen LogP contribution in [0.1, 0.15) is 24.2 Å². The van der Waals surface area contributed by atoms with Gasteiger partial charge in [-0.1, -0.05) is 0 Å². The topological polar surface area (TPSA) is 44.1 Å². The third kappa shape index (κ3) is 2.14. The predicted octanol–water partition coefficient (Wildman–Crippen LogP) is 2.78. The SMILES string of the molecule is CCn1ncc(C(C)=O)c1-c1ccc(OC)cc1. The maximum absolute atomic E-state index is 11.6. The number of rotatable bonds is 4. The Morgan fingerprint density at radius 3 is 2.50 bits per heavy atom.